The number of allylic oxidation sites excluding steroid dienone is 1. The third-order valence-corrected chi connectivity index (χ3v) is 2.58. The lowest BCUT2D eigenvalue weighted by atomic mass is 10.1. The lowest BCUT2D eigenvalue weighted by Crippen LogP contribution is -2.23. The molecule has 0 saturated heterocycles. The second-order valence-corrected chi connectivity index (χ2v) is 3.78. The van der Waals surface area contributed by atoms with Gasteiger partial charge in [-0.25, -0.2) is 0 Å². The van der Waals surface area contributed by atoms with Crippen LogP contribution in [0.15, 0.2) is 30.8 Å². The van der Waals surface area contributed by atoms with Crippen molar-refractivity contribution in [3.05, 3.63) is 36.4 Å². The van der Waals surface area contributed by atoms with E-state index in [9.17, 15) is 0 Å². The van der Waals surface area contributed by atoms with Crippen LogP contribution in [0.5, 0.6) is 0 Å². The summed E-state index contributed by atoms with van der Waals surface area (Å²) in [5.41, 5.74) is 2.31. The number of hydrogen-bond acceptors (Lipinski definition) is 3. The molecular formula is C12H16N2O. The number of anilines is 1. The Bertz CT molecular complexity index is 349. The highest BCUT2D eigenvalue weighted by Crippen LogP contribution is 2.14. The van der Waals surface area contributed by atoms with Gasteiger partial charge in [0.15, 0.2) is 0 Å². The van der Waals surface area contributed by atoms with Crippen molar-refractivity contribution in [3.8, 4) is 0 Å². The minimum Gasteiger partial charge on any atom is -0.497 e. The van der Waals surface area contributed by atoms with Gasteiger partial charge in [-0.1, -0.05) is 0 Å². The quantitative estimate of drug-likeness (QED) is 0.821. The van der Waals surface area contributed by atoms with E-state index in [0.717, 1.165) is 25.1 Å². The summed E-state index contributed by atoms with van der Waals surface area (Å²) < 4.78 is 5.48. The van der Waals surface area contributed by atoms with E-state index in [1.165, 1.54) is 5.56 Å². The van der Waals surface area contributed by atoms with Gasteiger partial charge in [-0.3, -0.25) is 4.98 Å². The summed E-state index contributed by atoms with van der Waals surface area (Å²) in [4.78, 5) is 4.09. The third-order valence-electron chi connectivity index (χ3n) is 2.58. The van der Waals surface area contributed by atoms with Gasteiger partial charge >= 0.3 is 0 Å². The first-order chi connectivity index (χ1) is 7.36. The maximum atomic E-state index is 5.48. The molecule has 0 aliphatic carbocycles. The van der Waals surface area contributed by atoms with Crippen LogP contribution in [0.4, 0.5) is 5.69 Å². The zero-order valence-electron chi connectivity index (χ0n) is 8.94. The average molecular weight is 204 g/mol. The van der Waals surface area contributed by atoms with Gasteiger partial charge in [0.2, 0.25) is 0 Å². The maximum absolute atomic E-state index is 5.48. The van der Waals surface area contributed by atoms with Crippen LogP contribution in [-0.4, -0.2) is 17.6 Å². The van der Waals surface area contributed by atoms with Crippen LogP contribution in [0.3, 0.4) is 0 Å². The molecule has 2 rings (SSSR count). The smallest absolute Gasteiger partial charge is 0.115 e. The van der Waals surface area contributed by atoms with Gasteiger partial charge in [0.05, 0.1) is 24.7 Å². The van der Waals surface area contributed by atoms with Gasteiger partial charge in [-0.2, -0.15) is 0 Å². The van der Waals surface area contributed by atoms with Crippen LogP contribution in [0.1, 0.15) is 18.4 Å². The van der Waals surface area contributed by atoms with Crippen molar-refractivity contribution in [3.63, 3.8) is 0 Å². The third kappa shape index (κ3) is 2.72. The Morgan fingerprint density at radius 1 is 1.60 bits per heavy atom. The lowest BCUT2D eigenvalue weighted by molar-refractivity contribution is 0.135. The van der Waals surface area contributed by atoms with Gasteiger partial charge in [-0.15, -0.1) is 0 Å². The monoisotopic (exact) mass is 204 g/mol. The van der Waals surface area contributed by atoms with Crippen molar-refractivity contribution in [1.29, 1.82) is 0 Å². The summed E-state index contributed by atoms with van der Waals surface area (Å²) in [6.45, 7) is 2.92. The zero-order valence-corrected chi connectivity index (χ0v) is 8.94. The van der Waals surface area contributed by atoms with E-state index >= 15 is 0 Å². The number of pyridine rings is 1. The summed E-state index contributed by atoms with van der Waals surface area (Å²) in [6.07, 6.45) is 10.0. The molecule has 15 heavy (non-hydrogen) atoms. The Balaban J connectivity index is 1.87. The van der Waals surface area contributed by atoms with Crippen molar-refractivity contribution < 1.29 is 4.74 Å². The number of rotatable bonds is 3. The van der Waals surface area contributed by atoms with Gasteiger partial charge in [0.25, 0.3) is 0 Å². The second kappa shape index (κ2) is 4.82. The lowest BCUT2D eigenvalue weighted by Gasteiger charge is -2.20. The molecule has 1 aliphatic heterocycles. The molecule has 3 nitrogen and oxygen atoms in total. The first-order valence-corrected chi connectivity index (χ1v) is 5.31. The van der Waals surface area contributed by atoms with Crippen LogP contribution < -0.4 is 5.32 Å². The highest BCUT2D eigenvalue weighted by Gasteiger charge is 2.10. The Morgan fingerprint density at radius 3 is 3.27 bits per heavy atom. The number of ether oxygens (including phenoxy) is 1. The molecule has 80 valence electrons. The van der Waals surface area contributed by atoms with Crippen molar-refractivity contribution in [2.24, 2.45) is 0 Å². The Labute approximate surface area is 90.2 Å². The minimum absolute atomic E-state index is 0.287. The molecule has 3 heteroatoms. The van der Waals surface area contributed by atoms with E-state index in [1.54, 1.807) is 12.5 Å². The molecule has 0 radical (unpaired) electrons. The largest absolute Gasteiger partial charge is 0.497 e. The fraction of sp³-hybridized carbons (Fsp3) is 0.417. The van der Waals surface area contributed by atoms with Crippen molar-refractivity contribution in [2.45, 2.75) is 25.9 Å². The van der Waals surface area contributed by atoms with E-state index in [0.29, 0.717) is 0 Å². The molecule has 1 unspecified atom stereocenters. The van der Waals surface area contributed by atoms with Gasteiger partial charge in [0, 0.05) is 6.20 Å². The number of aryl methyl sites for hydroxylation is 1. The molecule has 0 fully saturated rings. The Hall–Kier alpha value is -1.51. The fourth-order valence-corrected chi connectivity index (χ4v) is 1.61. The molecule has 1 N–H and O–H groups in total. The van der Waals surface area contributed by atoms with E-state index in [4.69, 9.17) is 4.74 Å². The molecule has 0 saturated carbocycles. The highest BCUT2D eigenvalue weighted by atomic mass is 16.5. The predicted molar refractivity (Wildman–Crippen MR) is 60.7 cm³/mol. The van der Waals surface area contributed by atoms with Crippen LogP contribution >= 0.6 is 0 Å². The van der Waals surface area contributed by atoms with E-state index in [-0.39, 0.29) is 6.10 Å². The molecule has 1 aliphatic rings. The number of nitrogens with one attached hydrogen (secondary N) is 1. The van der Waals surface area contributed by atoms with E-state index in [2.05, 4.69) is 23.3 Å². The van der Waals surface area contributed by atoms with Crippen LogP contribution in [0, 0.1) is 6.92 Å². The maximum Gasteiger partial charge on any atom is 0.115 e. The molecule has 0 bridgehead atoms. The Morgan fingerprint density at radius 2 is 2.53 bits per heavy atom. The molecule has 2 heterocycles. The summed E-state index contributed by atoms with van der Waals surface area (Å²) >= 11 is 0. The summed E-state index contributed by atoms with van der Waals surface area (Å²) in [5, 5.41) is 3.36. The highest BCUT2D eigenvalue weighted by molar-refractivity contribution is 5.47. The normalized spacial score (nSPS) is 19.7. The first-order valence-electron chi connectivity index (χ1n) is 5.31. The Kier molecular flexibility index (Phi) is 3.22. The SMILES string of the molecule is Cc1ccncc1NCC1CCC=CO1. The summed E-state index contributed by atoms with van der Waals surface area (Å²) in [5.74, 6) is 0. The second-order valence-electron chi connectivity index (χ2n) is 3.78. The van der Waals surface area contributed by atoms with Crippen molar-refractivity contribution in [1.82, 2.24) is 4.98 Å². The number of aromatic nitrogens is 1. The molecular weight excluding hydrogens is 188 g/mol. The first kappa shape index (κ1) is 10.0. The van der Waals surface area contributed by atoms with Gasteiger partial charge in [0.1, 0.15) is 6.10 Å². The van der Waals surface area contributed by atoms with E-state index < -0.39 is 0 Å². The zero-order chi connectivity index (χ0) is 10.5. The summed E-state index contributed by atoms with van der Waals surface area (Å²) in [7, 11) is 0. The molecule has 0 amide bonds. The predicted octanol–water partition coefficient (Wildman–Crippen LogP) is 2.49. The topological polar surface area (TPSA) is 34.2 Å². The molecule has 0 aromatic carbocycles. The van der Waals surface area contributed by atoms with Crippen LogP contribution in [-0.2, 0) is 4.74 Å². The summed E-state index contributed by atoms with van der Waals surface area (Å²) in [6, 6.07) is 2.00. The van der Waals surface area contributed by atoms with E-state index in [1.807, 2.05) is 12.3 Å². The average Bonchev–Trinajstić information content (AvgIpc) is 2.29. The van der Waals surface area contributed by atoms with Crippen LogP contribution in [0.25, 0.3) is 0 Å². The van der Waals surface area contributed by atoms with Crippen molar-refractivity contribution in [2.75, 3.05) is 11.9 Å². The number of hydrogen-bond donors (Lipinski definition) is 1. The fourth-order valence-electron chi connectivity index (χ4n) is 1.61. The van der Waals surface area contributed by atoms with Crippen molar-refractivity contribution >= 4 is 5.69 Å². The van der Waals surface area contributed by atoms with Gasteiger partial charge in [-0.05, 0) is 37.5 Å². The molecule has 0 spiro atoms. The standard InChI is InChI=1S/C12H16N2O/c1-10-5-6-13-9-12(10)14-8-11-4-2-3-7-15-11/h3,5-7,9,11,14H,2,4,8H2,1H3. The minimum atomic E-state index is 0.287. The van der Waals surface area contributed by atoms with Crippen LogP contribution in [0.2, 0.25) is 0 Å². The van der Waals surface area contributed by atoms with Gasteiger partial charge < -0.3 is 10.1 Å². The number of nitrogens with zero attached hydrogens (tertiary/aromatic N) is 1. The molecule has 1 aromatic heterocycles. The molecule has 1 atom stereocenters. The molecule has 1 aromatic rings.